The van der Waals surface area contributed by atoms with Crippen LogP contribution in [0.15, 0.2) is 15.7 Å². The fourth-order valence-corrected chi connectivity index (χ4v) is 3.84. The Morgan fingerprint density at radius 2 is 2.12 bits per heavy atom. The molecule has 0 radical (unpaired) electrons. The van der Waals surface area contributed by atoms with Crippen LogP contribution in [0.25, 0.3) is 0 Å². The third-order valence-corrected chi connectivity index (χ3v) is 4.44. The Kier molecular flexibility index (Phi) is 4.65. The van der Waals surface area contributed by atoms with E-state index < -0.39 is 0 Å². The quantitative estimate of drug-likeness (QED) is 0.778. The molecule has 2 nitrogen and oxygen atoms in total. The maximum Gasteiger partial charge on any atom is 0.130 e. The molecule has 0 spiro atoms. The molecule has 1 saturated carbocycles. The minimum Gasteiger partial charge on any atom is -0.227 e. The van der Waals surface area contributed by atoms with E-state index in [0.717, 1.165) is 33.5 Å². The van der Waals surface area contributed by atoms with Gasteiger partial charge < -0.3 is 0 Å². The van der Waals surface area contributed by atoms with E-state index >= 15 is 0 Å². The van der Waals surface area contributed by atoms with Crippen molar-refractivity contribution in [2.45, 2.75) is 55.7 Å². The standard InChI is InChI=1S/C12H17BrN2S/c1-2-5-11-14-10(13)8-12(15-11)16-9-6-3-4-7-9/h8-9H,2-7H2,1H3. The average molecular weight is 301 g/mol. The predicted octanol–water partition coefficient (Wildman–Crippen LogP) is 4.23. The van der Waals surface area contributed by atoms with Crippen molar-refractivity contribution < 1.29 is 0 Å². The summed E-state index contributed by atoms with van der Waals surface area (Å²) in [6.45, 7) is 2.16. The van der Waals surface area contributed by atoms with E-state index in [2.05, 4.69) is 32.8 Å². The van der Waals surface area contributed by atoms with E-state index in [1.165, 1.54) is 25.7 Å². The lowest BCUT2D eigenvalue weighted by atomic mass is 10.3. The number of hydrogen-bond donors (Lipinski definition) is 0. The summed E-state index contributed by atoms with van der Waals surface area (Å²) in [6.07, 6.45) is 7.52. The first kappa shape index (κ1) is 12.4. The van der Waals surface area contributed by atoms with Gasteiger partial charge in [-0.15, -0.1) is 11.8 Å². The first-order valence-corrected chi connectivity index (χ1v) is 7.65. The van der Waals surface area contributed by atoms with Gasteiger partial charge in [-0.3, -0.25) is 0 Å². The van der Waals surface area contributed by atoms with Gasteiger partial charge in [0.1, 0.15) is 15.5 Å². The molecule has 88 valence electrons. The van der Waals surface area contributed by atoms with Crippen molar-refractivity contribution in [1.82, 2.24) is 9.97 Å². The highest BCUT2D eigenvalue weighted by atomic mass is 79.9. The minimum absolute atomic E-state index is 0.774. The summed E-state index contributed by atoms with van der Waals surface area (Å²) in [4.78, 5) is 9.00. The molecular weight excluding hydrogens is 284 g/mol. The number of aromatic nitrogens is 2. The van der Waals surface area contributed by atoms with Crippen molar-refractivity contribution in [1.29, 1.82) is 0 Å². The van der Waals surface area contributed by atoms with Crippen molar-refractivity contribution >= 4 is 27.7 Å². The van der Waals surface area contributed by atoms with Gasteiger partial charge >= 0.3 is 0 Å². The van der Waals surface area contributed by atoms with Gasteiger partial charge in [0.15, 0.2) is 0 Å². The van der Waals surface area contributed by atoms with Crippen molar-refractivity contribution in [3.8, 4) is 0 Å². The summed E-state index contributed by atoms with van der Waals surface area (Å²) in [6, 6.07) is 2.04. The molecule has 2 rings (SSSR count). The fraction of sp³-hybridized carbons (Fsp3) is 0.667. The SMILES string of the molecule is CCCc1nc(Br)cc(SC2CCCC2)n1. The average Bonchev–Trinajstić information content (AvgIpc) is 2.70. The van der Waals surface area contributed by atoms with Crippen molar-refractivity contribution in [2.75, 3.05) is 0 Å². The van der Waals surface area contributed by atoms with Crippen LogP contribution in [0.3, 0.4) is 0 Å². The Hall–Kier alpha value is -0.0900. The third-order valence-electron chi connectivity index (χ3n) is 2.78. The van der Waals surface area contributed by atoms with Gasteiger partial charge in [-0.05, 0) is 35.2 Å². The van der Waals surface area contributed by atoms with Crippen LogP contribution in [0.1, 0.15) is 44.9 Å². The molecule has 1 aromatic heterocycles. The van der Waals surface area contributed by atoms with Gasteiger partial charge in [-0.2, -0.15) is 0 Å². The molecule has 0 aliphatic heterocycles. The van der Waals surface area contributed by atoms with Crippen molar-refractivity contribution in [3.05, 3.63) is 16.5 Å². The lowest BCUT2D eigenvalue weighted by molar-refractivity contribution is 0.799. The van der Waals surface area contributed by atoms with Crippen LogP contribution < -0.4 is 0 Å². The van der Waals surface area contributed by atoms with Gasteiger partial charge in [0.25, 0.3) is 0 Å². The Labute approximate surface area is 110 Å². The molecule has 1 fully saturated rings. The molecule has 1 aromatic rings. The smallest absolute Gasteiger partial charge is 0.130 e. The number of halogens is 1. The minimum atomic E-state index is 0.774. The maximum atomic E-state index is 4.61. The molecular formula is C12H17BrN2S. The zero-order valence-corrected chi connectivity index (χ0v) is 12.0. The van der Waals surface area contributed by atoms with Crippen LogP contribution in [0.4, 0.5) is 0 Å². The highest BCUT2D eigenvalue weighted by Gasteiger charge is 2.17. The molecule has 1 heterocycles. The molecule has 0 saturated heterocycles. The van der Waals surface area contributed by atoms with E-state index in [-0.39, 0.29) is 0 Å². The topological polar surface area (TPSA) is 25.8 Å². The first-order chi connectivity index (χ1) is 7.78. The monoisotopic (exact) mass is 300 g/mol. The number of thioether (sulfide) groups is 1. The lowest BCUT2D eigenvalue weighted by Gasteiger charge is -2.09. The van der Waals surface area contributed by atoms with E-state index in [9.17, 15) is 0 Å². The van der Waals surface area contributed by atoms with E-state index in [1.807, 2.05) is 17.8 Å². The van der Waals surface area contributed by atoms with Gasteiger partial charge in [-0.25, -0.2) is 9.97 Å². The van der Waals surface area contributed by atoms with Gasteiger partial charge in [0.2, 0.25) is 0 Å². The van der Waals surface area contributed by atoms with E-state index in [0.29, 0.717) is 0 Å². The molecule has 1 aliphatic carbocycles. The predicted molar refractivity (Wildman–Crippen MR) is 71.8 cm³/mol. The Bertz CT molecular complexity index is 351. The van der Waals surface area contributed by atoms with Crippen LogP contribution in [0.2, 0.25) is 0 Å². The largest absolute Gasteiger partial charge is 0.227 e. The van der Waals surface area contributed by atoms with Crippen LogP contribution in [0.5, 0.6) is 0 Å². The molecule has 0 amide bonds. The van der Waals surface area contributed by atoms with Crippen LogP contribution in [-0.2, 0) is 6.42 Å². The molecule has 0 bridgehead atoms. The molecule has 0 aromatic carbocycles. The highest BCUT2D eigenvalue weighted by Crippen LogP contribution is 2.34. The summed E-state index contributed by atoms with van der Waals surface area (Å²) in [5.41, 5.74) is 0. The first-order valence-electron chi connectivity index (χ1n) is 5.98. The van der Waals surface area contributed by atoms with Gasteiger partial charge in [-0.1, -0.05) is 19.8 Å². The molecule has 4 heteroatoms. The maximum absolute atomic E-state index is 4.61. The second-order valence-corrected chi connectivity index (χ2v) is 6.35. The number of aryl methyl sites for hydroxylation is 1. The number of hydrogen-bond acceptors (Lipinski definition) is 3. The van der Waals surface area contributed by atoms with Crippen molar-refractivity contribution in [2.24, 2.45) is 0 Å². The second kappa shape index (κ2) is 6.01. The van der Waals surface area contributed by atoms with Gasteiger partial charge in [0, 0.05) is 17.7 Å². The van der Waals surface area contributed by atoms with Crippen LogP contribution in [0, 0.1) is 0 Å². The third kappa shape index (κ3) is 3.45. The molecule has 0 atom stereocenters. The van der Waals surface area contributed by atoms with Crippen molar-refractivity contribution in [3.63, 3.8) is 0 Å². The number of rotatable bonds is 4. The fourth-order valence-electron chi connectivity index (χ4n) is 2.01. The Morgan fingerprint density at radius 3 is 2.81 bits per heavy atom. The summed E-state index contributed by atoms with van der Waals surface area (Å²) in [5, 5.41) is 1.91. The highest BCUT2D eigenvalue weighted by molar-refractivity contribution is 9.10. The summed E-state index contributed by atoms with van der Waals surface area (Å²) in [5.74, 6) is 0.970. The normalized spacial score (nSPS) is 16.9. The Balaban J connectivity index is 2.06. The second-order valence-electron chi connectivity index (χ2n) is 4.22. The van der Waals surface area contributed by atoms with E-state index in [1.54, 1.807) is 0 Å². The Morgan fingerprint density at radius 1 is 1.38 bits per heavy atom. The zero-order valence-electron chi connectivity index (χ0n) is 9.58. The lowest BCUT2D eigenvalue weighted by Crippen LogP contribution is -2.00. The molecule has 0 N–H and O–H groups in total. The van der Waals surface area contributed by atoms with Crippen LogP contribution >= 0.6 is 27.7 Å². The summed E-state index contributed by atoms with van der Waals surface area (Å²) >= 11 is 5.39. The zero-order chi connectivity index (χ0) is 11.4. The summed E-state index contributed by atoms with van der Waals surface area (Å²) in [7, 11) is 0. The van der Waals surface area contributed by atoms with Crippen LogP contribution in [-0.4, -0.2) is 15.2 Å². The molecule has 16 heavy (non-hydrogen) atoms. The molecule has 0 unspecified atom stereocenters. The summed E-state index contributed by atoms with van der Waals surface area (Å²) < 4.78 is 0.923. The van der Waals surface area contributed by atoms with E-state index in [4.69, 9.17) is 0 Å². The molecule has 1 aliphatic rings. The number of nitrogens with zero attached hydrogens (tertiary/aromatic N) is 2. The van der Waals surface area contributed by atoms with Gasteiger partial charge in [0.05, 0.1) is 0 Å².